The fourth-order valence-electron chi connectivity index (χ4n) is 3.90. The SMILES string of the molecule is CN=C(NCCc1cc(C)cc(C)c1)NCC(C(C)C)N1CCN(C)CC1. The molecule has 1 unspecified atom stereocenters. The van der Waals surface area contributed by atoms with Crippen molar-refractivity contribution in [1.82, 2.24) is 20.4 Å². The molecule has 152 valence electrons. The minimum Gasteiger partial charge on any atom is -0.356 e. The van der Waals surface area contributed by atoms with Crippen LogP contribution in [0.2, 0.25) is 0 Å². The third-order valence-electron chi connectivity index (χ3n) is 5.47. The van der Waals surface area contributed by atoms with Gasteiger partial charge >= 0.3 is 0 Å². The third-order valence-corrected chi connectivity index (χ3v) is 5.47. The Morgan fingerprint density at radius 1 is 1.04 bits per heavy atom. The first-order chi connectivity index (χ1) is 12.9. The molecule has 0 aliphatic carbocycles. The highest BCUT2D eigenvalue weighted by Crippen LogP contribution is 2.13. The summed E-state index contributed by atoms with van der Waals surface area (Å²) in [6, 6.07) is 7.30. The maximum atomic E-state index is 4.41. The third kappa shape index (κ3) is 7.15. The molecule has 27 heavy (non-hydrogen) atoms. The largest absolute Gasteiger partial charge is 0.356 e. The Balaban J connectivity index is 1.81. The van der Waals surface area contributed by atoms with Gasteiger partial charge in [0.1, 0.15) is 0 Å². The summed E-state index contributed by atoms with van der Waals surface area (Å²) >= 11 is 0. The number of nitrogens with zero attached hydrogens (tertiary/aromatic N) is 3. The van der Waals surface area contributed by atoms with Gasteiger partial charge in [-0.1, -0.05) is 43.2 Å². The second kappa shape index (κ2) is 10.7. The van der Waals surface area contributed by atoms with Crippen LogP contribution in [0.4, 0.5) is 0 Å². The molecule has 2 rings (SSSR count). The lowest BCUT2D eigenvalue weighted by Gasteiger charge is -2.40. The van der Waals surface area contributed by atoms with Gasteiger partial charge in [0, 0.05) is 52.4 Å². The minimum atomic E-state index is 0.539. The van der Waals surface area contributed by atoms with Crippen LogP contribution in [-0.2, 0) is 6.42 Å². The van der Waals surface area contributed by atoms with Gasteiger partial charge in [-0.25, -0.2) is 0 Å². The lowest BCUT2D eigenvalue weighted by Crippen LogP contribution is -2.55. The number of nitrogens with one attached hydrogen (secondary N) is 2. The van der Waals surface area contributed by atoms with Crippen molar-refractivity contribution in [2.75, 3.05) is 53.4 Å². The van der Waals surface area contributed by atoms with Gasteiger partial charge in [-0.2, -0.15) is 0 Å². The van der Waals surface area contributed by atoms with Gasteiger partial charge in [0.25, 0.3) is 0 Å². The van der Waals surface area contributed by atoms with Gasteiger partial charge in [0.2, 0.25) is 0 Å². The molecule has 1 aliphatic heterocycles. The van der Waals surface area contributed by atoms with E-state index in [1.165, 1.54) is 16.7 Å². The van der Waals surface area contributed by atoms with Crippen LogP contribution in [0, 0.1) is 19.8 Å². The zero-order chi connectivity index (χ0) is 19.8. The molecule has 5 heteroatoms. The van der Waals surface area contributed by atoms with Crippen LogP contribution in [0.25, 0.3) is 0 Å². The summed E-state index contributed by atoms with van der Waals surface area (Å²) in [6.45, 7) is 15.4. The highest BCUT2D eigenvalue weighted by Gasteiger charge is 2.24. The molecule has 1 saturated heterocycles. The topological polar surface area (TPSA) is 42.9 Å². The van der Waals surface area contributed by atoms with Crippen LogP contribution >= 0.6 is 0 Å². The number of rotatable bonds is 7. The normalized spacial score (nSPS) is 18.0. The standard InChI is InChI=1S/C22H39N5/c1-17(2)21(27-11-9-26(6)10-12-27)16-25-22(23-5)24-8-7-20-14-18(3)13-19(4)15-20/h13-15,17,21H,7-12,16H2,1-6H3,(H2,23,24,25). The van der Waals surface area contributed by atoms with Crippen LogP contribution in [-0.4, -0.2) is 75.2 Å². The first-order valence-electron chi connectivity index (χ1n) is 10.3. The molecule has 1 aromatic carbocycles. The molecule has 0 spiro atoms. The molecule has 1 heterocycles. The van der Waals surface area contributed by atoms with Crippen molar-refractivity contribution in [2.24, 2.45) is 10.9 Å². The van der Waals surface area contributed by atoms with E-state index in [1.807, 2.05) is 7.05 Å². The number of piperazine rings is 1. The summed E-state index contributed by atoms with van der Waals surface area (Å²) in [6.07, 6.45) is 1.01. The van der Waals surface area contributed by atoms with Crippen LogP contribution in [0.1, 0.15) is 30.5 Å². The molecule has 1 fully saturated rings. The Morgan fingerprint density at radius 2 is 1.67 bits per heavy atom. The van der Waals surface area contributed by atoms with E-state index in [4.69, 9.17) is 0 Å². The van der Waals surface area contributed by atoms with Crippen molar-refractivity contribution < 1.29 is 0 Å². The van der Waals surface area contributed by atoms with E-state index >= 15 is 0 Å². The molecule has 1 aliphatic rings. The van der Waals surface area contributed by atoms with Gasteiger partial charge in [0.15, 0.2) is 5.96 Å². The van der Waals surface area contributed by atoms with E-state index in [9.17, 15) is 0 Å². The van der Waals surface area contributed by atoms with Gasteiger partial charge < -0.3 is 15.5 Å². The smallest absolute Gasteiger partial charge is 0.191 e. The Hall–Kier alpha value is -1.59. The van der Waals surface area contributed by atoms with Gasteiger partial charge in [0.05, 0.1) is 0 Å². The zero-order valence-electron chi connectivity index (χ0n) is 18.2. The van der Waals surface area contributed by atoms with Crippen molar-refractivity contribution >= 4 is 5.96 Å². The molecule has 1 atom stereocenters. The number of aryl methyl sites for hydroxylation is 2. The average molecular weight is 374 g/mol. The second-order valence-electron chi connectivity index (χ2n) is 8.28. The summed E-state index contributed by atoms with van der Waals surface area (Å²) in [5.41, 5.74) is 4.05. The van der Waals surface area contributed by atoms with Crippen molar-refractivity contribution in [2.45, 2.75) is 40.2 Å². The molecular formula is C22H39N5. The van der Waals surface area contributed by atoms with Gasteiger partial charge in [-0.15, -0.1) is 0 Å². The number of likely N-dealkylation sites (N-methyl/N-ethyl adjacent to an activating group) is 1. The van der Waals surface area contributed by atoms with E-state index < -0.39 is 0 Å². The molecule has 0 radical (unpaired) electrons. The Labute approximate surface area is 166 Å². The van der Waals surface area contributed by atoms with Crippen molar-refractivity contribution in [1.29, 1.82) is 0 Å². The highest BCUT2D eigenvalue weighted by molar-refractivity contribution is 5.79. The fourth-order valence-corrected chi connectivity index (χ4v) is 3.90. The first kappa shape index (κ1) is 21.7. The molecule has 1 aromatic rings. The van der Waals surface area contributed by atoms with E-state index in [-0.39, 0.29) is 0 Å². The van der Waals surface area contributed by atoms with Crippen LogP contribution in [0.3, 0.4) is 0 Å². The summed E-state index contributed by atoms with van der Waals surface area (Å²) in [7, 11) is 4.06. The first-order valence-corrected chi connectivity index (χ1v) is 10.3. The van der Waals surface area contributed by atoms with E-state index in [0.717, 1.165) is 51.6 Å². The van der Waals surface area contributed by atoms with Crippen molar-refractivity contribution in [3.63, 3.8) is 0 Å². The predicted octanol–water partition coefficient (Wildman–Crippen LogP) is 2.28. The van der Waals surface area contributed by atoms with E-state index in [1.54, 1.807) is 0 Å². The molecule has 0 amide bonds. The molecule has 0 saturated carbocycles. The summed E-state index contributed by atoms with van der Waals surface area (Å²) in [5, 5.41) is 7.03. The lowest BCUT2D eigenvalue weighted by atomic mass is 10.0. The van der Waals surface area contributed by atoms with Gasteiger partial charge in [-0.3, -0.25) is 9.89 Å². The zero-order valence-corrected chi connectivity index (χ0v) is 18.2. The second-order valence-corrected chi connectivity index (χ2v) is 8.28. The molecule has 5 nitrogen and oxygen atoms in total. The quantitative estimate of drug-likeness (QED) is 0.568. The van der Waals surface area contributed by atoms with Crippen LogP contribution in [0.15, 0.2) is 23.2 Å². The average Bonchev–Trinajstić information content (AvgIpc) is 2.60. The number of benzene rings is 1. The number of hydrogen-bond donors (Lipinski definition) is 2. The summed E-state index contributed by atoms with van der Waals surface area (Å²) in [4.78, 5) is 9.45. The van der Waals surface area contributed by atoms with Crippen LogP contribution < -0.4 is 10.6 Å². The Bertz CT molecular complexity index is 582. The molecule has 0 aromatic heterocycles. The highest BCUT2D eigenvalue weighted by atomic mass is 15.3. The molecule has 2 N–H and O–H groups in total. The lowest BCUT2D eigenvalue weighted by molar-refractivity contribution is 0.0900. The number of guanidine groups is 1. The number of hydrogen-bond acceptors (Lipinski definition) is 3. The maximum absolute atomic E-state index is 4.41. The van der Waals surface area contributed by atoms with Gasteiger partial charge in [-0.05, 0) is 38.8 Å². The molecule has 0 bridgehead atoms. The summed E-state index contributed by atoms with van der Waals surface area (Å²) < 4.78 is 0. The molecular weight excluding hydrogens is 334 g/mol. The van der Waals surface area contributed by atoms with E-state index in [0.29, 0.717) is 12.0 Å². The maximum Gasteiger partial charge on any atom is 0.191 e. The van der Waals surface area contributed by atoms with Crippen molar-refractivity contribution in [3.05, 3.63) is 34.9 Å². The fraction of sp³-hybridized carbons (Fsp3) is 0.682. The Morgan fingerprint density at radius 3 is 2.22 bits per heavy atom. The van der Waals surface area contributed by atoms with E-state index in [2.05, 4.69) is 78.4 Å². The van der Waals surface area contributed by atoms with Crippen LogP contribution in [0.5, 0.6) is 0 Å². The monoisotopic (exact) mass is 373 g/mol. The predicted molar refractivity (Wildman–Crippen MR) is 117 cm³/mol. The minimum absolute atomic E-state index is 0.539. The number of aliphatic imine (C=N–C) groups is 1. The van der Waals surface area contributed by atoms with Crippen molar-refractivity contribution in [3.8, 4) is 0 Å². The Kier molecular flexibility index (Phi) is 8.58. The summed E-state index contributed by atoms with van der Waals surface area (Å²) in [5.74, 6) is 1.52.